The third-order valence-corrected chi connectivity index (χ3v) is 7.89. The Morgan fingerprint density at radius 1 is 1.00 bits per heavy atom. The molecule has 12 heteroatoms. The Kier molecular flexibility index (Phi) is 7.47. The van der Waals surface area contributed by atoms with Crippen molar-refractivity contribution in [2.45, 2.75) is 38.5 Å². The van der Waals surface area contributed by atoms with E-state index in [1.54, 1.807) is 23.2 Å². The lowest BCUT2D eigenvalue weighted by Gasteiger charge is -2.36. The Balaban J connectivity index is 1.27. The number of anilines is 3. The zero-order valence-electron chi connectivity index (χ0n) is 21.8. The molecule has 208 valence electrons. The summed E-state index contributed by atoms with van der Waals surface area (Å²) in [6.45, 7) is 4.59. The fourth-order valence-corrected chi connectivity index (χ4v) is 5.51. The number of hydrogen-bond donors (Lipinski definition) is 3. The van der Waals surface area contributed by atoms with Gasteiger partial charge in [0, 0.05) is 49.7 Å². The van der Waals surface area contributed by atoms with E-state index in [1.165, 1.54) is 11.3 Å². The largest absolute Gasteiger partial charge is 0.433 e. The van der Waals surface area contributed by atoms with Crippen LogP contribution in [0.2, 0.25) is 0 Å². The van der Waals surface area contributed by atoms with Crippen molar-refractivity contribution in [2.24, 2.45) is 0 Å². The second-order valence-corrected chi connectivity index (χ2v) is 10.9. The highest BCUT2D eigenvalue weighted by Crippen LogP contribution is 2.39. The molecule has 0 unspecified atom stereocenters. The summed E-state index contributed by atoms with van der Waals surface area (Å²) in [5.41, 5.74) is 1.80. The van der Waals surface area contributed by atoms with E-state index in [-0.39, 0.29) is 12.0 Å². The average Bonchev–Trinajstić information content (AvgIpc) is 3.41. The average molecular weight is 569 g/mol. The third-order valence-electron chi connectivity index (χ3n) is 6.65. The number of likely N-dealkylation sites (tertiary alicyclic amines) is 1. The molecule has 0 bridgehead atoms. The molecule has 3 N–H and O–H groups in total. The van der Waals surface area contributed by atoms with Crippen LogP contribution in [0.25, 0.3) is 10.4 Å². The molecule has 0 saturated carbocycles. The van der Waals surface area contributed by atoms with Crippen molar-refractivity contribution >= 4 is 34.7 Å². The summed E-state index contributed by atoms with van der Waals surface area (Å²) < 4.78 is 39.1. The van der Waals surface area contributed by atoms with Gasteiger partial charge in [0.15, 0.2) is 0 Å². The summed E-state index contributed by atoms with van der Waals surface area (Å²) in [6, 6.07) is 13.6. The topological polar surface area (TPSA) is 103 Å². The summed E-state index contributed by atoms with van der Waals surface area (Å²) in [5, 5.41) is 17.7. The maximum atomic E-state index is 13.0. The highest BCUT2D eigenvalue weighted by atomic mass is 32.1. The van der Waals surface area contributed by atoms with Crippen LogP contribution in [-0.4, -0.2) is 44.1 Å². The van der Waals surface area contributed by atoms with Gasteiger partial charge in [0.25, 0.3) is 0 Å². The van der Waals surface area contributed by atoms with Gasteiger partial charge in [0.2, 0.25) is 5.95 Å². The van der Waals surface area contributed by atoms with Crippen LogP contribution in [0.5, 0.6) is 0 Å². The molecule has 1 aliphatic rings. The predicted molar refractivity (Wildman–Crippen MR) is 148 cm³/mol. The number of benzene rings is 2. The van der Waals surface area contributed by atoms with E-state index in [1.807, 2.05) is 44.2 Å². The van der Waals surface area contributed by atoms with Crippen LogP contribution in [-0.2, 0) is 11.8 Å². The normalized spacial score (nSPS) is 15.1. The molecule has 5 rings (SSSR count). The van der Waals surface area contributed by atoms with Crippen molar-refractivity contribution < 1.29 is 23.1 Å². The number of carbonyl (C=O) groups excluding carboxylic acids is 1. The number of thiazole rings is 1. The Labute approximate surface area is 232 Å². The minimum Gasteiger partial charge on any atom is -0.383 e. The van der Waals surface area contributed by atoms with Gasteiger partial charge in [-0.3, -0.25) is 0 Å². The Morgan fingerprint density at radius 3 is 2.42 bits per heavy atom. The van der Waals surface area contributed by atoms with Gasteiger partial charge >= 0.3 is 12.2 Å². The predicted octanol–water partition coefficient (Wildman–Crippen LogP) is 6.49. The fraction of sp³-hybridized carbons (Fsp3) is 0.286. The first kappa shape index (κ1) is 27.5. The van der Waals surface area contributed by atoms with E-state index in [0.29, 0.717) is 42.3 Å². The van der Waals surface area contributed by atoms with Crippen LogP contribution in [0.3, 0.4) is 0 Å². The van der Waals surface area contributed by atoms with E-state index in [2.05, 4.69) is 25.6 Å². The van der Waals surface area contributed by atoms with Crippen molar-refractivity contribution in [3.05, 3.63) is 82.8 Å². The van der Waals surface area contributed by atoms with Crippen molar-refractivity contribution in [1.82, 2.24) is 19.9 Å². The number of nitrogens with one attached hydrogen (secondary N) is 2. The first-order valence-electron chi connectivity index (χ1n) is 12.6. The van der Waals surface area contributed by atoms with Crippen molar-refractivity contribution in [2.75, 3.05) is 23.7 Å². The summed E-state index contributed by atoms with van der Waals surface area (Å²) in [4.78, 5) is 27.1. The van der Waals surface area contributed by atoms with Crippen LogP contribution >= 0.6 is 11.3 Å². The summed E-state index contributed by atoms with van der Waals surface area (Å²) >= 11 is 1.35. The van der Waals surface area contributed by atoms with Gasteiger partial charge in [-0.25, -0.2) is 19.7 Å². The number of piperidine rings is 1. The molecule has 2 amide bonds. The Morgan fingerprint density at radius 2 is 1.73 bits per heavy atom. The van der Waals surface area contributed by atoms with E-state index < -0.39 is 17.5 Å². The fourth-order valence-electron chi connectivity index (χ4n) is 4.46. The second-order valence-electron chi connectivity index (χ2n) is 9.82. The number of hydrogen-bond acceptors (Lipinski definition) is 7. The molecule has 0 atom stereocenters. The zero-order chi connectivity index (χ0) is 28.5. The minimum absolute atomic E-state index is 0.163. The van der Waals surface area contributed by atoms with Crippen LogP contribution in [0.4, 0.5) is 35.3 Å². The van der Waals surface area contributed by atoms with Crippen LogP contribution in [0, 0.1) is 13.8 Å². The molecular formula is C28H27F3N6O2S. The maximum absolute atomic E-state index is 13.0. The van der Waals surface area contributed by atoms with Gasteiger partial charge in [-0.1, -0.05) is 23.8 Å². The molecule has 4 aromatic rings. The molecule has 0 radical (unpaired) electrons. The lowest BCUT2D eigenvalue weighted by molar-refractivity contribution is -0.141. The van der Waals surface area contributed by atoms with E-state index in [4.69, 9.17) is 0 Å². The Hall–Kier alpha value is -4.03. The van der Waals surface area contributed by atoms with Gasteiger partial charge in [0.1, 0.15) is 16.3 Å². The van der Waals surface area contributed by atoms with Gasteiger partial charge in [-0.15, -0.1) is 11.3 Å². The number of rotatable bonds is 5. The standard InChI is InChI=1S/C28H27F3N6O2S/c1-17-3-5-20(6-4-17)35-26(38)37-11-8-27(39,9-12-37)24-33-16-22(40-24)19-13-18(2)14-21(15-19)34-25-32-10-7-23(36-25)28(29,30)31/h3-7,10,13-16,39H,8-9,11-12H2,1-2H3,(H,35,38)(H,32,34,36). The number of halogens is 3. The molecule has 1 saturated heterocycles. The highest BCUT2D eigenvalue weighted by Gasteiger charge is 2.38. The van der Waals surface area contributed by atoms with E-state index >= 15 is 0 Å². The van der Waals surface area contributed by atoms with Gasteiger partial charge in [-0.2, -0.15) is 13.2 Å². The van der Waals surface area contributed by atoms with Crippen LogP contribution in [0.1, 0.15) is 34.7 Å². The van der Waals surface area contributed by atoms with Crippen molar-refractivity contribution in [3.8, 4) is 10.4 Å². The zero-order valence-corrected chi connectivity index (χ0v) is 22.6. The van der Waals surface area contributed by atoms with Gasteiger partial charge in [0.05, 0.1) is 4.88 Å². The molecule has 1 fully saturated rings. The van der Waals surface area contributed by atoms with Gasteiger partial charge in [-0.05, 0) is 55.3 Å². The number of aryl methyl sites for hydroxylation is 2. The Bertz CT molecular complexity index is 1520. The first-order valence-corrected chi connectivity index (χ1v) is 13.4. The molecule has 0 spiro atoms. The van der Waals surface area contributed by atoms with E-state index in [9.17, 15) is 23.1 Å². The number of amides is 2. The lowest BCUT2D eigenvalue weighted by atomic mass is 9.92. The number of nitrogens with zero attached hydrogens (tertiary/aromatic N) is 4. The molecule has 40 heavy (non-hydrogen) atoms. The molecule has 2 aromatic carbocycles. The summed E-state index contributed by atoms with van der Waals surface area (Å²) in [5.74, 6) is -0.163. The summed E-state index contributed by atoms with van der Waals surface area (Å²) in [7, 11) is 0. The molecule has 2 aromatic heterocycles. The van der Waals surface area contributed by atoms with Crippen LogP contribution in [0.15, 0.2) is 60.9 Å². The third kappa shape index (κ3) is 6.23. The first-order chi connectivity index (χ1) is 19.0. The number of alkyl halides is 3. The quantitative estimate of drug-likeness (QED) is 0.254. The smallest absolute Gasteiger partial charge is 0.383 e. The second kappa shape index (κ2) is 10.9. The number of carbonyl (C=O) groups is 1. The number of aromatic nitrogens is 3. The molecule has 0 aliphatic carbocycles. The number of urea groups is 1. The number of aliphatic hydroxyl groups is 1. The van der Waals surface area contributed by atoms with Crippen molar-refractivity contribution in [1.29, 1.82) is 0 Å². The van der Waals surface area contributed by atoms with Gasteiger partial charge < -0.3 is 20.6 Å². The van der Waals surface area contributed by atoms with Crippen LogP contribution < -0.4 is 10.6 Å². The molecule has 1 aliphatic heterocycles. The highest BCUT2D eigenvalue weighted by molar-refractivity contribution is 7.15. The monoisotopic (exact) mass is 568 g/mol. The minimum atomic E-state index is -4.57. The lowest BCUT2D eigenvalue weighted by Crippen LogP contribution is -2.46. The van der Waals surface area contributed by atoms with E-state index in [0.717, 1.165) is 33.8 Å². The molecule has 8 nitrogen and oxygen atoms in total. The molecule has 3 heterocycles. The van der Waals surface area contributed by atoms with Crippen molar-refractivity contribution in [3.63, 3.8) is 0 Å². The molecular weight excluding hydrogens is 541 g/mol. The summed E-state index contributed by atoms with van der Waals surface area (Å²) in [6.07, 6.45) is -1.16. The SMILES string of the molecule is Cc1ccc(NC(=O)N2CCC(O)(c3ncc(-c4cc(C)cc(Nc5nccc(C(F)(F)F)n5)c4)s3)CC2)cc1. The maximum Gasteiger partial charge on any atom is 0.433 e.